The highest BCUT2D eigenvalue weighted by Crippen LogP contribution is 2.34. The lowest BCUT2D eigenvalue weighted by molar-refractivity contribution is -0.123. The van der Waals surface area contributed by atoms with Crippen LogP contribution < -0.4 is 4.90 Å². The summed E-state index contributed by atoms with van der Waals surface area (Å²) < 4.78 is 13.7. The van der Waals surface area contributed by atoms with Gasteiger partial charge < -0.3 is 9.80 Å². The Morgan fingerprint density at radius 3 is 2.75 bits per heavy atom. The number of anilines is 1. The number of hydrogen-bond donors (Lipinski definition) is 0. The van der Waals surface area contributed by atoms with Crippen LogP contribution in [0, 0.1) is 12.7 Å². The molecule has 1 aromatic carbocycles. The zero-order valence-electron chi connectivity index (χ0n) is 16.1. The fraction of sp³-hybridized carbons (Fsp3) is 0.381. The molecule has 0 N–H and O–H groups in total. The quantitative estimate of drug-likeness (QED) is 0.798. The van der Waals surface area contributed by atoms with Gasteiger partial charge in [0.25, 0.3) is 5.91 Å². The lowest BCUT2D eigenvalue weighted by Crippen LogP contribution is -2.64. The van der Waals surface area contributed by atoms with Gasteiger partial charge in [-0.15, -0.1) is 0 Å². The van der Waals surface area contributed by atoms with E-state index < -0.39 is 0 Å². The van der Waals surface area contributed by atoms with Crippen molar-refractivity contribution in [2.75, 3.05) is 38.1 Å². The van der Waals surface area contributed by atoms with Crippen molar-refractivity contribution >= 4 is 17.5 Å². The smallest absolute Gasteiger partial charge is 0.255 e. The number of likely N-dealkylation sites (N-methyl/N-ethyl adjacent to an activating group) is 1. The second-order valence-electron chi connectivity index (χ2n) is 7.71. The molecule has 1 unspecified atom stereocenters. The molecule has 2 amide bonds. The lowest BCUT2D eigenvalue weighted by Gasteiger charge is -2.46. The zero-order chi connectivity index (χ0) is 19.9. The van der Waals surface area contributed by atoms with Gasteiger partial charge in [-0.1, -0.05) is 6.07 Å². The van der Waals surface area contributed by atoms with E-state index in [2.05, 4.69) is 4.98 Å². The highest BCUT2D eigenvalue weighted by atomic mass is 19.1. The molecule has 1 atom stereocenters. The molecule has 6 nitrogen and oxygen atoms in total. The van der Waals surface area contributed by atoms with Gasteiger partial charge in [-0.3, -0.25) is 19.5 Å². The average Bonchev–Trinajstić information content (AvgIpc) is 3.10. The number of rotatable bonds is 2. The van der Waals surface area contributed by atoms with E-state index in [0.29, 0.717) is 30.9 Å². The second-order valence-corrected chi connectivity index (χ2v) is 7.71. The number of aryl methyl sites for hydroxylation is 1. The molecule has 2 saturated heterocycles. The van der Waals surface area contributed by atoms with Crippen molar-refractivity contribution in [3.05, 3.63) is 59.7 Å². The summed E-state index contributed by atoms with van der Waals surface area (Å²) in [4.78, 5) is 35.2. The van der Waals surface area contributed by atoms with Crippen molar-refractivity contribution in [1.29, 1.82) is 0 Å². The summed E-state index contributed by atoms with van der Waals surface area (Å²) in [5.41, 5.74) is 1.66. The minimum atomic E-state index is -0.367. The number of halogens is 1. The largest absolute Gasteiger partial charge is 0.337 e. The molecule has 1 spiro atoms. The van der Waals surface area contributed by atoms with E-state index in [0.717, 1.165) is 12.1 Å². The van der Waals surface area contributed by atoms with Crippen molar-refractivity contribution in [3.63, 3.8) is 0 Å². The average molecular weight is 382 g/mol. The minimum absolute atomic E-state index is 0.0491. The molecule has 2 fully saturated rings. The fourth-order valence-electron chi connectivity index (χ4n) is 4.09. The summed E-state index contributed by atoms with van der Waals surface area (Å²) in [5.74, 6) is -0.480. The molecule has 2 aliphatic heterocycles. The summed E-state index contributed by atoms with van der Waals surface area (Å²) in [7, 11) is 1.92. The predicted octanol–water partition coefficient (Wildman–Crippen LogP) is 2.09. The van der Waals surface area contributed by atoms with Gasteiger partial charge in [0.1, 0.15) is 5.82 Å². The second kappa shape index (κ2) is 6.98. The summed E-state index contributed by atoms with van der Waals surface area (Å²) >= 11 is 0. The normalized spacial score (nSPS) is 22.9. The van der Waals surface area contributed by atoms with Crippen LogP contribution in [-0.4, -0.2) is 65.4 Å². The number of benzene rings is 1. The predicted molar refractivity (Wildman–Crippen MR) is 104 cm³/mol. The van der Waals surface area contributed by atoms with Gasteiger partial charge >= 0.3 is 0 Å². The summed E-state index contributed by atoms with van der Waals surface area (Å²) in [6, 6.07) is 9.73. The summed E-state index contributed by atoms with van der Waals surface area (Å²) in [6.45, 7) is 3.69. The standard InChI is InChI=1S/C21H23FN4O2/c1-15-6-7-16(11-23-15)20(28)25-9-8-21(13-25)14-26(19(27)12-24(21)2)18-5-3-4-17(22)10-18/h3-7,10-11H,8-9,12-14H2,1-2H3. The molecule has 1 aromatic heterocycles. The molecule has 2 aromatic rings. The van der Waals surface area contributed by atoms with Crippen LogP contribution >= 0.6 is 0 Å². The minimum Gasteiger partial charge on any atom is -0.337 e. The number of carbonyl (C=O) groups excluding carboxylic acids is 2. The van der Waals surface area contributed by atoms with Crippen molar-refractivity contribution in [2.24, 2.45) is 0 Å². The van der Waals surface area contributed by atoms with E-state index in [1.807, 2.05) is 29.8 Å². The molecule has 0 aliphatic carbocycles. The first-order valence-corrected chi connectivity index (χ1v) is 9.37. The monoisotopic (exact) mass is 382 g/mol. The van der Waals surface area contributed by atoms with Gasteiger partial charge in [0.2, 0.25) is 5.91 Å². The Morgan fingerprint density at radius 2 is 2.04 bits per heavy atom. The van der Waals surface area contributed by atoms with Crippen LogP contribution in [0.5, 0.6) is 0 Å². The van der Waals surface area contributed by atoms with Crippen molar-refractivity contribution in [2.45, 2.75) is 18.9 Å². The number of carbonyl (C=O) groups is 2. The number of piperazine rings is 1. The van der Waals surface area contributed by atoms with E-state index in [9.17, 15) is 14.0 Å². The van der Waals surface area contributed by atoms with E-state index >= 15 is 0 Å². The van der Waals surface area contributed by atoms with Crippen LogP contribution in [0.15, 0.2) is 42.6 Å². The van der Waals surface area contributed by atoms with Crippen molar-refractivity contribution in [1.82, 2.24) is 14.8 Å². The van der Waals surface area contributed by atoms with Gasteiger partial charge in [-0.25, -0.2) is 4.39 Å². The van der Waals surface area contributed by atoms with E-state index in [1.54, 1.807) is 29.3 Å². The van der Waals surface area contributed by atoms with E-state index in [1.165, 1.54) is 12.1 Å². The first kappa shape index (κ1) is 18.6. The Balaban J connectivity index is 1.56. The number of likely N-dealkylation sites (tertiary alicyclic amines) is 1. The fourth-order valence-corrected chi connectivity index (χ4v) is 4.09. The zero-order valence-corrected chi connectivity index (χ0v) is 16.1. The molecular formula is C21H23FN4O2. The third kappa shape index (κ3) is 3.26. The SMILES string of the molecule is Cc1ccc(C(=O)N2CCC3(C2)CN(c2cccc(F)c2)C(=O)CN3C)cn1. The molecule has 0 bridgehead atoms. The number of hydrogen-bond acceptors (Lipinski definition) is 4. The topological polar surface area (TPSA) is 56.8 Å². The first-order chi connectivity index (χ1) is 13.4. The third-order valence-corrected chi connectivity index (χ3v) is 5.83. The van der Waals surface area contributed by atoms with Gasteiger partial charge in [-0.2, -0.15) is 0 Å². The van der Waals surface area contributed by atoms with E-state index in [-0.39, 0.29) is 29.7 Å². The summed E-state index contributed by atoms with van der Waals surface area (Å²) in [5, 5.41) is 0. The van der Waals surface area contributed by atoms with Crippen LogP contribution in [-0.2, 0) is 4.79 Å². The van der Waals surface area contributed by atoms with Gasteiger partial charge in [0.05, 0.1) is 17.6 Å². The Hall–Kier alpha value is -2.80. The van der Waals surface area contributed by atoms with Crippen LogP contribution in [0.2, 0.25) is 0 Å². The molecule has 4 rings (SSSR count). The maximum atomic E-state index is 13.7. The first-order valence-electron chi connectivity index (χ1n) is 9.37. The Labute approximate surface area is 163 Å². The molecular weight excluding hydrogens is 359 g/mol. The van der Waals surface area contributed by atoms with Crippen LogP contribution in [0.3, 0.4) is 0 Å². The molecule has 0 saturated carbocycles. The molecule has 0 radical (unpaired) electrons. The molecule has 3 heterocycles. The molecule has 146 valence electrons. The van der Waals surface area contributed by atoms with Gasteiger partial charge in [0.15, 0.2) is 0 Å². The maximum Gasteiger partial charge on any atom is 0.255 e. The van der Waals surface area contributed by atoms with Crippen molar-refractivity contribution in [3.8, 4) is 0 Å². The van der Waals surface area contributed by atoms with Crippen LogP contribution in [0.1, 0.15) is 22.5 Å². The van der Waals surface area contributed by atoms with Gasteiger partial charge in [0, 0.05) is 37.2 Å². The number of amides is 2. The third-order valence-electron chi connectivity index (χ3n) is 5.83. The van der Waals surface area contributed by atoms with Crippen LogP contribution in [0.4, 0.5) is 10.1 Å². The summed E-state index contributed by atoms with van der Waals surface area (Å²) in [6.07, 6.45) is 2.36. The van der Waals surface area contributed by atoms with Crippen molar-refractivity contribution < 1.29 is 14.0 Å². The highest BCUT2D eigenvalue weighted by Gasteiger charge is 2.48. The molecule has 2 aliphatic rings. The van der Waals surface area contributed by atoms with E-state index in [4.69, 9.17) is 0 Å². The molecule has 7 heteroatoms. The Morgan fingerprint density at radius 1 is 1.21 bits per heavy atom. The molecule has 28 heavy (non-hydrogen) atoms. The highest BCUT2D eigenvalue weighted by molar-refractivity contribution is 5.96. The number of nitrogens with zero attached hydrogens (tertiary/aromatic N) is 4. The number of aromatic nitrogens is 1. The number of pyridine rings is 1. The van der Waals surface area contributed by atoms with Crippen LogP contribution in [0.25, 0.3) is 0 Å². The lowest BCUT2D eigenvalue weighted by atomic mass is 9.92. The Bertz CT molecular complexity index is 917. The Kier molecular flexibility index (Phi) is 4.63. The maximum absolute atomic E-state index is 13.7. The van der Waals surface area contributed by atoms with Gasteiger partial charge in [-0.05, 0) is 50.7 Å².